The minimum atomic E-state index is -1.52. The summed E-state index contributed by atoms with van der Waals surface area (Å²) < 4.78 is 42.6. The lowest BCUT2D eigenvalue weighted by atomic mass is 9.84. The van der Waals surface area contributed by atoms with Crippen LogP contribution in [0.4, 0.5) is 0 Å². The highest BCUT2D eigenvalue weighted by Gasteiger charge is 2.55. The molecule has 0 aromatic carbocycles. The average Bonchev–Trinajstić information content (AvgIpc) is 3.47. The molecule has 5 rings (SSSR count). The molecule has 0 aromatic heterocycles. The largest absolute Gasteiger partial charge is 0.394 e. The highest BCUT2D eigenvalue weighted by Crippen LogP contribution is 2.35. The fraction of sp³-hybridized carbons (Fsp3) is 1.00. The number of aliphatic hydroxyl groups is 7. The Morgan fingerprint density at radius 3 is 1.88 bits per heavy atom. The summed E-state index contributed by atoms with van der Waals surface area (Å²) in [5.74, 6) is 0.466. The number of aliphatic hydroxyl groups excluding tert-OH is 7. The summed E-state index contributed by atoms with van der Waals surface area (Å²) in [4.78, 5) is 0. The number of ether oxygens (including phenoxy) is 7. The predicted molar refractivity (Wildman–Crippen MR) is 179 cm³/mol. The Morgan fingerprint density at radius 2 is 1.27 bits per heavy atom. The van der Waals surface area contributed by atoms with Crippen LogP contribution in [-0.2, 0) is 33.2 Å². The molecule has 5 fully saturated rings. The van der Waals surface area contributed by atoms with Crippen molar-refractivity contribution in [3.63, 3.8) is 0 Å². The van der Waals surface area contributed by atoms with Crippen molar-refractivity contribution in [1.82, 2.24) is 10.6 Å². The van der Waals surface area contributed by atoms with Gasteiger partial charge in [0.05, 0.1) is 38.0 Å². The van der Waals surface area contributed by atoms with Crippen LogP contribution >= 0.6 is 0 Å². The van der Waals surface area contributed by atoms with E-state index < -0.39 is 129 Å². The Bertz CT molecular complexity index is 1070. The number of nitrogens with one attached hydrogen (secondary N) is 2. The van der Waals surface area contributed by atoms with E-state index in [1.54, 1.807) is 0 Å². The second-order valence-corrected chi connectivity index (χ2v) is 14.5. The average molecular weight is 756 g/mol. The van der Waals surface area contributed by atoms with Crippen LogP contribution in [0.25, 0.3) is 0 Å². The Kier molecular flexibility index (Phi) is 15.7. The molecule has 4 aliphatic heterocycles. The van der Waals surface area contributed by atoms with Crippen LogP contribution < -0.4 is 39.3 Å². The molecule has 0 aromatic rings. The lowest BCUT2D eigenvalue weighted by Gasteiger charge is -2.47. The summed E-state index contributed by atoms with van der Waals surface area (Å²) in [5.41, 5.74) is 30.8. The van der Waals surface area contributed by atoms with E-state index in [0.29, 0.717) is 12.5 Å². The van der Waals surface area contributed by atoms with Crippen molar-refractivity contribution in [3.8, 4) is 0 Å². The van der Waals surface area contributed by atoms with Crippen LogP contribution in [0.3, 0.4) is 0 Å². The number of nitrogens with two attached hydrogens (primary N) is 5. The zero-order valence-corrected chi connectivity index (χ0v) is 29.2. The molecule has 5 aliphatic rings. The van der Waals surface area contributed by atoms with Gasteiger partial charge in [0.2, 0.25) is 0 Å². The molecular formula is C31H61N7O14. The van der Waals surface area contributed by atoms with E-state index in [0.717, 1.165) is 32.5 Å². The molecule has 0 amide bonds. The van der Waals surface area contributed by atoms with Gasteiger partial charge in [-0.25, -0.2) is 0 Å². The monoisotopic (exact) mass is 755 g/mol. The van der Waals surface area contributed by atoms with E-state index >= 15 is 0 Å². The van der Waals surface area contributed by atoms with Gasteiger partial charge in [-0.1, -0.05) is 0 Å². The Balaban J connectivity index is 1.35. The first-order valence-electron chi connectivity index (χ1n) is 18.2. The van der Waals surface area contributed by atoms with Gasteiger partial charge in [-0.05, 0) is 44.8 Å². The second-order valence-electron chi connectivity index (χ2n) is 14.5. The standard InChI is InChI=1S/C31H61N7O14/c32-7-15-21(42)23(44)18(35)29(47-15)51-26-17(11-40)49-31(28(26)46-5-4-38-9-12-2-1-3-37-8-12)52-27-20(41)13(33)6-14(34)25(27)50-30-19(36)24(45)22(43)16(10-39)48-30/h12-31,37-45H,1-11,32-36H2/t12-,13+,14-,15-,16+,17+,18+,19+,20-,21+,22+,23+,24+,25+,26+,27+,28+,29+,30+,31-/m0/s1. The first-order chi connectivity index (χ1) is 24.9. The van der Waals surface area contributed by atoms with Crippen LogP contribution in [0, 0.1) is 5.92 Å². The van der Waals surface area contributed by atoms with Gasteiger partial charge in [-0.3, -0.25) is 0 Å². The zero-order valence-electron chi connectivity index (χ0n) is 29.2. The SMILES string of the molecule is NC[C@@H]1O[C@H](O[C@H]2[C@@H](OCCNC[C@H]3CCCNC3)[C@H](O[C@@H]3[C@@H](O)[C@H](N)C[C@H](N)[C@H]3O[C@H]3O[C@H](CO)[C@@H](O)[C@H](O)[C@H]3N)O[C@@H]2CO)[C@H](N)[C@@H](O)[C@@H]1O. The first kappa shape index (κ1) is 42.3. The third kappa shape index (κ3) is 9.57. The van der Waals surface area contributed by atoms with Gasteiger partial charge in [0.15, 0.2) is 18.9 Å². The van der Waals surface area contributed by atoms with Gasteiger partial charge in [0.1, 0.15) is 67.1 Å². The maximum Gasteiger partial charge on any atom is 0.187 e. The van der Waals surface area contributed by atoms with Gasteiger partial charge in [-0.15, -0.1) is 0 Å². The molecule has 1 aliphatic carbocycles. The first-order valence-corrected chi connectivity index (χ1v) is 18.2. The summed E-state index contributed by atoms with van der Waals surface area (Å²) in [7, 11) is 0. The van der Waals surface area contributed by atoms with E-state index in [1.807, 2.05) is 0 Å². The Hall–Kier alpha value is -0.840. The molecule has 0 bridgehead atoms. The lowest BCUT2D eigenvalue weighted by Crippen LogP contribution is -2.68. The predicted octanol–water partition coefficient (Wildman–Crippen LogP) is -8.25. The van der Waals surface area contributed by atoms with Crippen molar-refractivity contribution in [3.05, 3.63) is 0 Å². The number of hydrogen-bond acceptors (Lipinski definition) is 21. The van der Waals surface area contributed by atoms with Crippen LogP contribution in [-0.4, -0.2) is 205 Å². The van der Waals surface area contributed by atoms with Gasteiger partial charge in [0.25, 0.3) is 0 Å². The van der Waals surface area contributed by atoms with Gasteiger partial charge in [-0.2, -0.15) is 0 Å². The quantitative estimate of drug-likeness (QED) is 0.0690. The van der Waals surface area contributed by atoms with Crippen molar-refractivity contribution in [2.75, 3.05) is 52.5 Å². The van der Waals surface area contributed by atoms with E-state index in [2.05, 4.69) is 10.6 Å². The maximum atomic E-state index is 11.3. The van der Waals surface area contributed by atoms with E-state index in [4.69, 9.17) is 61.8 Å². The summed E-state index contributed by atoms with van der Waals surface area (Å²) in [5, 5.41) is 80.0. The molecular weight excluding hydrogens is 694 g/mol. The number of rotatable bonds is 15. The maximum absolute atomic E-state index is 11.3. The van der Waals surface area contributed by atoms with Crippen LogP contribution in [0.15, 0.2) is 0 Å². The van der Waals surface area contributed by atoms with Crippen molar-refractivity contribution in [2.24, 2.45) is 34.6 Å². The highest BCUT2D eigenvalue weighted by atomic mass is 16.8. The van der Waals surface area contributed by atoms with E-state index in [9.17, 15) is 35.7 Å². The topological polar surface area (TPSA) is 360 Å². The molecule has 0 spiro atoms. The summed E-state index contributed by atoms with van der Waals surface area (Å²) in [6.45, 7) is 1.87. The third-order valence-electron chi connectivity index (χ3n) is 10.7. The van der Waals surface area contributed by atoms with Crippen molar-refractivity contribution >= 4 is 0 Å². The number of piperidine rings is 1. The van der Waals surface area contributed by atoms with Crippen molar-refractivity contribution in [2.45, 2.75) is 136 Å². The molecule has 19 N–H and O–H groups in total. The smallest absolute Gasteiger partial charge is 0.187 e. The third-order valence-corrected chi connectivity index (χ3v) is 10.7. The summed E-state index contributed by atoms with van der Waals surface area (Å²) in [6, 6.07) is -4.20. The Morgan fingerprint density at radius 1 is 0.673 bits per heavy atom. The molecule has 4 heterocycles. The fourth-order valence-corrected chi connectivity index (χ4v) is 7.53. The zero-order chi connectivity index (χ0) is 37.7. The van der Waals surface area contributed by atoms with Gasteiger partial charge >= 0.3 is 0 Å². The molecule has 4 saturated heterocycles. The molecule has 0 radical (unpaired) electrons. The van der Waals surface area contributed by atoms with Gasteiger partial charge in [0, 0.05) is 25.2 Å². The molecule has 21 nitrogen and oxygen atoms in total. The molecule has 304 valence electrons. The molecule has 0 unspecified atom stereocenters. The van der Waals surface area contributed by atoms with E-state index in [1.165, 1.54) is 0 Å². The molecule has 52 heavy (non-hydrogen) atoms. The van der Waals surface area contributed by atoms with Gasteiger partial charge < -0.3 is 108 Å². The number of hydrogen-bond donors (Lipinski definition) is 14. The minimum Gasteiger partial charge on any atom is -0.394 e. The molecule has 20 atom stereocenters. The van der Waals surface area contributed by atoms with Crippen LogP contribution in [0.5, 0.6) is 0 Å². The van der Waals surface area contributed by atoms with Crippen LogP contribution in [0.1, 0.15) is 19.3 Å². The van der Waals surface area contributed by atoms with Crippen molar-refractivity contribution in [1.29, 1.82) is 0 Å². The second kappa shape index (κ2) is 19.3. The fourth-order valence-electron chi connectivity index (χ4n) is 7.53. The van der Waals surface area contributed by atoms with E-state index in [-0.39, 0.29) is 19.6 Å². The minimum absolute atomic E-state index is 0.0916. The lowest BCUT2D eigenvalue weighted by molar-refractivity contribution is -0.311. The molecule has 1 saturated carbocycles. The van der Waals surface area contributed by atoms with Crippen molar-refractivity contribution < 1.29 is 68.9 Å². The normalized spacial score (nSPS) is 48.9. The molecule has 21 heteroatoms. The van der Waals surface area contributed by atoms with Crippen LogP contribution in [0.2, 0.25) is 0 Å². The summed E-state index contributed by atoms with van der Waals surface area (Å²) >= 11 is 0. The Labute approximate surface area is 302 Å². The highest BCUT2D eigenvalue weighted by molar-refractivity contribution is 5.02. The summed E-state index contributed by atoms with van der Waals surface area (Å²) in [6.07, 6.45) is -17.0.